The number of benzene rings is 1. The Balaban J connectivity index is 1.32. The first-order valence-corrected chi connectivity index (χ1v) is 10.5. The van der Waals surface area contributed by atoms with E-state index in [1.807, 2.05) is 30.5 Å². The molecule has 0 radical (unpaired) electrons. The molecule has 0 spiro atoms. The van der Waals surface area contributed by atoms with Crippen molar-refractivity contribution in [3.63, 3.8) is 0 Å². The third-order valence-electron chi connectivity index (χ3n) is 5.81. The molecule has 1 saturated heterocycles. The third kappa shape index (κ3) is 3.57. The van der Waals surface area contributed by atoms with E-state index < -0.39 is 0 Å². The van der Waals surface area contributed by atoms with Crippen LogP contribution < -0.4 is 10.2 Å². The van der Waals surface area contributed by atoms with Crippen LogP contribution in [0.5, 0.6) is 0 Å². The predicted molar refractivity (Wildman–Crippen MR) is 118 cm³/mol. The van der Waals surface area contributed by atoms with E-state index in [1.54, 1.807) is 6.33 Å². The first-order valence-electron chi connectivity index (χ1n) is 10.5. The molecule has 1 fully saturated rings. The quantitative estimate of drug-likeness (QED) is 0.501. The number of anilines is 2. The van der Waals surface area contributed by atoms with Crippen molar-refractivity contribution in [1.29, 1.82) is 0 Å². The second kappa shape index (κ2) is 8.28. The van der Waals surface area contributed by atoms with Gasteiger partial charge < -0.3 is 19.7 Å². The Kier molecular flexibility index (Phi) is 5.19. The molecule has 1 aromatic carbocycles. The number of piperidine rings is 1. The molecule has 7 heteroatoms. The van der Waals surface area contributed by atoms with Crippen molar-refractivity contribution < 1.29 is 9.52 Å². The van der Waals surface area contributed by atoms with Crippen LogP contribution >= 0.6 is 0 Å². The standard InChI is InChI=1S/C23H25N5O2/c29-12-10-17-5-3-4-11-28(17)20-9-8-16(13-24-20)14-25-23-22-21(26-15-27-23)18-6-1-2-7-19(18)30-22/h1-2,6-9,13,15,17,29H,3-5,10-12,14H2,(H,25,26,27). The van der Waals surface area contributed by atoms with E-state index in [2.05, 4.69) is 32.3 Å². The molecular formula is C23H25N5O2. The fourth-order valence-corrected chi connectivity index (χ4v) is 4.28. The highest BCUT2D eigenvalue weighted by molar-refractivity contribution is 6.05. The number of aliphatic hydroxyl groups is 1. The predicted octanol–water partition coefficient (Wildman–Crippen LogP) is 4.12. The van der Waals surface area contributed by atoms with Crippen LogP contribution in [0.3, 0.4) is 0 Å². The molecule has 30 heavy (non-hydrogen) atoms. The monoisotopic (exact) mass is 403 g/mol. The van der Waals surface area contributed by atoms with Gasteiger partial charge in [-0.1, -0.05) is 18.2 Å². The first-order chi connectivity index (χ1) is 14.8. The van der Waals surface area contributed by atoms with E-state index >= 15 is 0 Å². The number of hydrogen-bond donors (Lipinski definition) is 2. The van der Waals surface area contributed by atoms with Crippen LogP contribution in [0.4, 0.5) is 11.6 Å². The number of aliphatic hydroxyl groups excluding tert-OH is 1. The average molecular weight is 403 g/mol. The molecule has 4 aromatic rings. The molecule has 1 aliphatic heterocycles. The zero-order valence-corrected chi connectivity index (χ0v) is 16.8. The maximum absolute atomic E-state index is 9.35. The average Bonchev–Trinajstić information content (AvgIpc) is 3.18. The van der Waals surface area contributed by atoms with Gasteiger partial charge in [0.2, 0.25) is 0 Å². The van der Waals surface area contributed by atoms with Gasteiger partial charge in [0.1, 0.15) is 23.2 Å². The van der Waals surface area contributed by atoms with Gasteiger partial charge in [-0.25, -0.2) is 15.0 Å². The van der Waals surface area contributed by atoms with Crippen molar-refractivity contribution in [1.82, 2.24) is 15.0 Å². The molecule has 154 valence electrons. The van der Waals surface area contributed by atoms with E-state index in [4.69, 9.17) is 9.40 Å². The van der Waals surface area contributed by atoms with Crippen LogP contribution in [0.1, 0.15) is 31.2 Å². The van der Waals surface area contributed by atoms with Crippen LogP contribution in [-0.2, 0) is 6.54 Å². The number of para-hydroxylation sites is 1. The Bertz CT molecular complexity index is 1140. The highest BCUT2D eigenvalue weighted by Crippen LogP contribution is 2.30. The number of nitrogens with one attached hydrogen (secondary N) is 1. The van der Waals surface area contributed by atoms with Gasteiger partial charge >= 0.3 is 0 Å². The Labute approximate surface area is 174 Å². The van der Waals surface area contributed by atoms with Gasteiger partial charge in [-0.3, -0.25) is 0 Å². The number of rotatable bonds is 6. The fraction of sp³-hybridized carbons (Fsp3) is 0.348. The second-order valence-corrected chi connectivity index (χ2v) is 7.73. The Morgan fingerprint density at radius 2 is 2.03 bits per heavy atom. The molecule has 0 bridgehead atoms. The van der Waals surface area contributed by atoms with Crippen LogP contribution in [-0.4, -0.2) is 39.3 Å². The minimum absolute atomic E-state index is 0.221. The van der Waals surface area contributed by atoms with Gasteiger partial charge in [0.05, 0.1) is 0 Å². The summed E-state index contributed by atoms with van der Waals surface area (Å²) >= 11 is 0. The van der Waals surface area contributed by atoms with Crippen molar-refractivity contribution in [3.8, 4) is 0 Å². The Hall–Kier alpha value is -3.19. The Morgan fingerprint density at radius 1 is 1.10 bits per heavy atom. The lowest BCUT2D eigenvalue weighted by Gasteiger charge is -2.36. The topological polar surface area (TPSA) is 87.3 Å². The summed E-state index contributed by atoms with van der Waals surface area (Å²) in [5.74, 6) is 1.66. The largest absolute Gasteiger partial charge is 0.450 e. The summed E-state index contributed by atoms with van der Waals surface area (Å²) < 4.78 is 5.97. The highest BCUT2D eigenvalue weighted by Gasteiger charge is 2.23. The van der Waals surface area contributed by atoms with E-state index in [1.165, 1.54) is 12.8 Å². The smallest absolute Gasteiger partial charge is 0.196 e. The molecule has 2 N–H and O–H groups in total. The van der Waals surface area contributed by atoms with Crippen molar-refractivity contribution in [2.45, 2.75) is 38.3 Å². The highest BCUT2D eigenvalue weighted by atomic mass is 16.3. The normalized spacial score (nSPS) is 17.0. The van der Waals surface area contributed by atoms with Crippen LogP contribution in [0, 0.1) is 0 Å². The molecule has 1 aliphatic rings. The zero-order chi connectivity index (χ0) is 20.3. The SMILES string of the molecule is OCCC1CCCCN1c1ccc(CNc2ncnc3c2oc2ccccc23)cn1. The molecule has 0 aliphatic carbocycles. The number of hydrogen-bond acceptors (Lipinski definition) is 7. The number of pyridine rings is 1. The van der Waals surface area contributed by atoms with Crippen molar-refractivity contribution in [2.75, 3.05) is 23.4 Å². The zero-order valence-electron chi connectivity index (χ0n) is 16.8. The van der Waals surface area contributed by atoms with Gasteiger partial charge in [0.15, 0.2) is 11.4 Å². The van der Waals surface area contributed by atoms with Gasteiger partial charge in [-0.15, -0.1) is 0 Å². The summed E-state index contributed by atoms with van der Waals surface area (Å²) in [6.07, 6.45) is 7.78. The summed E-state index contributed by atoms with van der Waals surface area (Å²) in [4.78, 5) is 15.8. The minimum Gasteiger partial charge on any atom is -0.450 e. The first kappa shape index (κ1) is 18.8. The molecule has 0 saturated carbocycles. The van der Waals surface area contributed by atoms with E-state index in [9.17, 15) is 5.11 Å². The molecular weight excluding hydrogens is 378 g/mol. The number of nitrogens with zero attached hydrogens (tertiary/aromatic N) is 4. The van der Waals surface area contributed by atoms with Gasteiger partial charge in [0.25, 0.3) is 0 Å². The van der Waals surface area contributed by atoms with Gasteiger partial charge in [-0.05, 0) is 49.4 Å². The molecule has 3 aromatic heterocycles. The van der Waals surface area contributed by atoms with Gasteiger partial charge in [-0.2, -0.15) is 0 Å². The van der Waals surface area contributed by atoms with Crippen molar-refractivity contribution in [3.05, 3.63) is 54.5 Å². The number of aromatic nitrogens is 3. The van der Waals surface area contributed by atoms with Crippen LogP contribution in [0.2, 0.25) is 0 Å². The van der Waals surface area contributed by atoms with Crippen molar-refractivity contribution in [2.24, 2.45) is 0 Å². The maximum atomic E-state index is 9.35. The summed E-state index contributed by atoms with van der Waals surface area (Å²) in [7, 11) is 0. The lowest BCUT2D eigenvalue weighted by molar-refractivity contribution is 0.262. The molecule has 0 amide bonds. The maximum Gasteiger partial charge on any atom is 0.196 e. The minimum atomic E-state index is 0.221. The van der Waals surface area contributed by atoms with E-state index in [0.29, 0.717) is 24.0 Å². The summed E-state index contributed by atoms with van der Waals surface area (Å²) in [6, 6.07) is 12.4. The molecule has 1 atom stereocenters. The van der Waals surface area contributed by atoms with Crippen LogP contribution in [0.15, 0.2) is 53.3 Å². The molecule has 7 nitrogen and oxygen atoms in total. The molecule has 4 heterocycles. The number of fused-ring (bicyclic) bond motifs is 3. The third-order valence-corrected chi connectivity index (χ3v) is 5.81. The van der Waals surface area contributed by atoms with E-state index in [-0.39, 0.29) is 6.61 Å². The molecule has 5 rings (SSSR count). The Morgan fingerprint density at radius 3 is 2.90 bits per heavy atom. The fourth-order valence-electron chi connectivity index (χ4n) is 4.28. The summed E-state index contributed by atoms with van der Waals surface area (Å²) in [6.45, 7) is 1.81. The van der Waals surface area contributed by atoms with Crippen molar-refractivity contribution >= 4 is 33.7 Å². The second-order valence-electron chi connectivity index (χ2n) is 7.73. The van der Waals surface area contributed by atoms with E-state index in [0.717, 1.165) is 47.3 Å². The lowest BCUT2D eigenvalue weighted by atomic mass is 9.99. The summed E-state index contributed by atoms with van der Waals surface area (Å²) in [5, 5.41) is 13.7. The number of furan rings is 1. The van der Waals surface area contributed by atoms with Gasteiger partial charge in [0, 0.05) is 37.3 Å². The molecule has 1 unspecified atom stereocenters. The summed E-state index contributed by atoms with van der Waals surface area (Å²) in [5.41, 5.74) is 3.36. The lowest BCUT2D eigenvalue weighted by Crippen LogP contribution is -2.40. The van der Waals surface area contributed by atoms with Crippen LogP contribution in [0.25, 0.3) is 22.1 Å².